The van der Waals surface area contributed by atoms with Crippen LogP contribution in [0, 0.1) is 23.7 Å². The summed E-state index contributed by atoms with van der Waals surface area (Å²) in [7, 11) is 0. The molecule has 0 aliphatic carbocycles. The van der Waals surface area contributed by atoms with Gasteiger partial charge in [0.25, 0.3) is 0 Å². The highest BCUT2D eigenvalue weighted by molar-refractivity contribution is 4.69. The van der Waals surface area contributed by atoms with E-state index in [0.29, 0.717) is 0 Å². The Morgan fingerprint density at radius 2 is 0.135 bits per heavy atom. The SMILES string of the molecule is CCCCCCCCCCCCCCCCCC(CCCCCCCCC)CCCCC(CCCCCCCCCCCCCC)CCCCCCCCCCCCCCCCCCCCCCCCCCCCCC(CCCCCC)CCCCC(CCCCC)CCCCCCCCCCCC. The summed E-state index contributed by atoms with van der Waals surface area (Å²) in [6, 6.07) is 0. The van der Waals surface area contributed by atoms with Gasteiger partial charge in [-0.25, -0.2) is 0 Å². The third-order valence-corrected chi connectivity index (χ3v) is 26.2. The Kier molecular flexibility index (Phi) is 95.4. The van der Waals surface area contributed by atoms with Crippen LogP contribution in [0.2, 0.25) is 0 Å². The van der Waals surface area contributed by atoms with Gasteiger partial charge in [-0.1, -0.05) is 645 Å². The van der Waals surface area contributed by atoms with Gasteiger partial charge in [-0.05, 0) is 23.7 Å². The van der Waals surface area contributed by atoms with Crippen molar-refractivity contribution in [3.8, 4) is 0 Å². The highest BCUT2D eigenvalue weighted by atomic mass is 14.2. The fraction of sp³-hybridized carbons (Fsp3) is 1.00. The van der Waals surface area contributed by atoms with Crippen molar-refractivity contribution < 1.29 is 0 Å². The predicted octanol–water partition coefficient (Wildman–Crippen LogP) is 40.2. The van der Waals surface area contributed by atoms with Crippen LogP contribution < -0.4 is 0 Å². The number of unbranched alkanes of at least 4 members (excludes halogenated alkanes) is 73. The molecule has 0 aromatic carbocycles. The molecule has 0 fully saturated rings. The summed E-state index contributed by atoms with van der Waals surface area (Å²) in [5.74, 6) is 4.07. The van der Waals surface area contributed by atoms with E-state index in [9.17, 15) is 0 Å². The van der Waals surface area contributed by atoms with E-state index in [0.717, 1.165) is 23.7 Å². The lowest BCUT2D eigenvalue weighted by atomic mass is 9.86. The molecule has 626 valence electrons. The molecule has 0 aromatic heterocycles. The summed E-state index contributed by atoms with van der Waals surface area (Å²) in [5, 5.41) is 0. The minimum absolute atomic E-state index is 1.01. The lowest BCUT2D eigenvalue weighted by molar-refractivity contribution is 0.337. The third kappa shape index (κ3) is 87.6. The van der Waals surface area contributed by atoms with Gasteiger partial charge in [0.05, 0.1) is 0 Å². The molecule has 104 heavy (non-hydrogen) atoms. The number of hydrogen-bond donors (Lipinski definition) is 0. The van der Waals surface area contributed by atoms with Gasteiger partial charge in [0.15, 0.2) is 0 Å². The molecule has 0 aliphatic rings. The number of rotatable bonds is 97. The largest absolute Gasteiger partial charge is 0.0654 e. The Bertz CT molecular complexity index is 1430. The zero-order valence-electron chi connectivity index (χ0n) is 74.8. The van der Waals surface area contributed by atoms with Crippen molar-refractivity contribution in [2.45, 2.75) is 645 Å². The minimum Gasteiger partial charge on any atom is -0.0654 e. The van der Waals surface area contributed by atoms with Crippen LogP contribution in [0.3, 0.4) is 0 Å². The van der Waals surface area contributed by atoms with Crippen LogP contribution in [-0.2, 0) is 0 Å². The predicted molar refractivity (Wildman–Crippen MR) is 482 cm³/mol. The molecule has 0 aliphatic heterocycles. The average molecular weight is 1460 g/mol. The summed E-state index contributed by atoms with van der Waals surface area (Å²) < 4.78 is 0. The van der Waals surface area contributed by atoms with E-state index >= 15 is 0 Å². The van der Waals surface area contributed by atoms with Crippen LogP contribution in [0.4, 0.5) is 0 Å². The van der Waals surface area contributed by atoms with E-state index < -0.39 is 0 Å². The molecule has 0 saturated carbocycles. The van der Waals surface area contributed by atoms with Gasteiger partial charge in [0.2, 0.25) is 0 Å². The van der Waals surface area contributed by atoms with E-state index in [2.05, 4.69) is 41.5 Å². The van der Waals surface area contributed by atoms with Crippen molar-refractivity contribution in [3.63, 3.8) is 0 Å². The molecular weight excluding hydrogens is 1250 g/mol. The van der Waals surface area contributed by atoms with E-state index in [-0.39, 0.29) is 0 Å². The van der Waals surface area contributed by atoms with E-state index in [1.807, 2.05) is 0 Å². The third-order valence-electron chi connectivity index (χ3n) is 26.2. The quantitative estimate of drug-likeness (QED) is 0.0533. The maximum Gasteiger partial charge on any atom is -0.0414 e. The molecule has 0 heteroatoms. The highest BCUT2D eigenvalue weighted by Gasteiger charge is 2.15. The Labute approximate surface area is 664 Å². The fourth-order valence-corrected chi connectivity index (χ4v) is 18.7. The van der Waals surface area contributed by atoms with Crippen molar-refractivity contribution in [2.24, 2.45) is 23.7 Å². The Balaban J connectivity index is 4.27. The second kappa shape index (κ2) is 95.4. The molecule has 0 radical (unpaired) electrons. The summed E-state index contributed by atoms with van der Waals surface area (Å²) >= 11 is 0. The van der Waals surface area contributed by atoms with Crippen LogP contribution in [0.5, 0.6) is 0 Å². The van der Waals surface area contributed by atoms with E-state index in [1.165, 1.54) is 591 Å². The summed E-state index contributed by atoms with van der Waals surface area (Å²) in [6.07, 6.45) is 140. The molecule has 0 spiro atoms. The molecule has 0 amide bonds. The Hall–Kier alpha value is 0. The van der Waals surface area contributed by atoms with Gasteiger partial charge in [-0.15, -0.1) is 0 Å². The molecule has 0 aromatic rings. The van der Waals surface area contributed by atoms with Crippen molar-refractivity contribution in [3.05, 3.63) is 0 Å². The Morgan fingerprint density at radius 3 is 0.240 bits per heavy atom. The maximum absolute atomic E-state index is 2.39. The topological polar surface area (TPSA) is 0 Å². The molecule has 4 unspecified atom stereocenters. The second-order valence-electron chi connectivity index (χ2n) is 36.8. The molecule has 0 rings (SSSR count). The van der Waals surface area contributed by atoms with Crippen LogP contribution >= 0.6 is 0 Å². The van der Waals surface area contributed by atoms with Crippen LogP contribution in [-0.4, -0.2) is 0 Å². The van der Waals surface area contributed by atoms with Gasteiger partial charge >= 0.3 is 0 Å². The van der Waals surface area contributed by atoms with Gasteiger partial charge in [0.1, 0.15) is 0 Å². The molecular formula is C104H210. The van der Waals surface area contributed by atoms with Crippen molar-refractivity contribution in [2.75, 3.05) is 0 Å². The van der Waals surface area contributed by atoms with E-state index in [4.69, 9.17) is 0 Å². The zero-order valence-corrected chi connectivity index (χ0v) is 74.8. The highest BCUT2D eigenvalue weighted by Crippen LogP contribution is 2.32. The molecule has 4 atom stereocenters. The molecule has 0 saturated heterocycles. The smallest absolute Gasteiger partial charge is 0.0414 e. The molecule has 0 N–H and O–H groups in total. The first-order chi connectivity index (χ1) is 51.6. The fourth-order valence-electron chi connectivity index (χ4n) is 18.7. The first kappa shape index (κ1) is 104. The zero-order chi connectivity index (χ0) is 74.8. The van der Waals surface area contributed by atoms with Gasteiger partial charge < -0.3 is 0 Å². The molecule has 0 bridgehead atoms. The molecule has 0 heterocycles. The van der Waals surface area contributed by atoms with Gasteiger partial charge in [-0.3, -0.25) is 0 Å². The minimum atomic E-state index is 1.01. The first-order valence-electron chi connectivity index (χ1n) is 51.6. The van der Waals surface area contributed by atoms with Crippen molar-refractivity contribution in [1.29, 1.82) is 0 Å². The maximum atomic E-state index is 2.39. The van der Waals surface area contributed by atoms with Gasteiger partial charge in [-0.2, -0.15) is 0 Å². The second-order valence-corrected chi connectivity index (χ2v) is 36.8. The van der Waals surface area contributed by atoms with Gasteiger partial charge in [0, 0.05) is 0 Å². The van der Waals surface area contributed by atoms with Crippen LogP contribution in [0.1, 0.15) is 645 Å². The van der Waals surface area contributed by atoms with Crippen LogP contribution in [0.15, 0.2) is 0 Å². The number of hydrogen-bond acceptors (Lipinski definition) is 0. The lowest BCUT2D eigenvalue weighted by Crippen LogP contribution is -2.04. The standard InChI is InChI=1S/C104H210/c1-7-13-19-24-28-31-34-36-50-53-57-63-69-75-82-94-103(93-79-71-65-27-22-16-10-4)99-87-88-100-104(95-83-74-67-61-56-35-32-29-25-20-14-8-2)96-84-76-70-64-59-55-52-49-47-45-43-41-39-37-38-40-42-44-46-48-51-54-58-62-68-73-81-92-102(90-78-23-17-11-5)98-86-85-97-101(89-77-18-12-6)91-80-72-66-60-33-30-26-21-15-9-3/h101-104H,7-100H2,1-6H3. The summed E-state index contributed by atoms with van der Waals surface area (Å²) in [6.45, 7) is 14.1. The molecule has 0 nitrogen and oxygen atoms in total. The summed E-state index contributed by atoms with van der Waals surface area (Å²) in [5.41, 5.74) is 0. The Morgan fingerprint density at radius 1 is 0.0769 bits per heavy atom. The summed E-state index contributed by atoms with van der Waals surface area (Å²) in [4.78, 5) is 0. The van der Waals surface area contributed by atoms with Crippen LogP contribution in [0.25, 0.3) is 0 Å². The average Bonchev–Trinajstić information content (AvgIpc) is 1.63. The monoisotopic (exact) mass is 1460 g/mol. The first-order valence-corrected chi connectivity index (χ1v) is 51.6. The lowest BCUT2D eigenvalue weighted by Gasteiger charge is -2.20. The normalized spacial score (nSPS) is 13.1. The van der Waals surface area contributed by atoms with E-state index in [1.54, 1.807) is 12.8 Å². The van der Waals surface area contributed by atoms with Crippen molar-refractivity contribution in [1.82, 2.24) is 0 Å². The van der Waals surface area contributed by atoms with Crippen molar-refractivity contribution >= 4 is 0 Å².